The molecule has 0 radical (unpaired) electrons. The number of hydrogen-bond donors (Lipinski definition) is 3. The quantitative estimate of drug-likeness (QED) is 0.731. The summed E-state index contributed by atoms with van der Waals surface area (Å²) in [6.07, 6.45) is 4.09. The number of hydrogen-bond acceptors (Lipinski definition) is 4. The van der Waals surface area contributed by atoms with Crippen molar-refractivity contribution in [2.24, 2.45) is 5.92 Å². The summed E-state index contributed by atoms with van der Waals surface area (Å²) in [5.74, 6) is 0.102. The van der Waals surface area contributed by atoms with E-state index >= 15 is 0 Å². The van der Waals surface area contributed by atoms with Crippen LogP contribution in [-0.2, 0) is 11.3 Å². The van der Waals surface area contributed by atoms with Gasteiger partial charge in [-0.25, -0.2) is 9.78 Å². The zero-order valence-corrected chi connectivity index (χ0v) is 11.2. The van der Waals surface area contributed by atoms with Crippen molar-refractivity contribution in [2.75, 3.05) is 13.1 Å². The Morgan fingerprint density at radius 3 is 3.10 bits per heavy atom. The van der Waals surface area contributed by atoms with E-state index in [1.807, 2.05) is 0 Å². The molecular weight excluding hydrogens is 262 g/mol. The third-order valence-corrected chi connectivity index (χ3v) is 3.44. The van der Waals surface area contributed by atoms with E-state index < -0.39 is 5.97 Å². The highest BCUT2D eigenvalue weighted by molar-refractivity contribution is 5.74. The SMILES string of the molecule is O=C(O)CCC1CCCN(C(=O)NCc2ncn[nH]2)C1. The maximum absolute atomic E-state index is 12.0. The van der Waals surface area contributed by atoms with Crippen LogP contribution in [0.1, 0.15) is 31.5 Å². The monoisotopic (exact) mass is 281 g/mol. The summed E-state index contributed by atoms with van der Waals surface area (Å²) in [4.78, 5) is 28.3. The Balaban J connectivity index is 1.76. The van der Waals surface area contributed by atoms with E-state index in [2.05, 4.69) is 20.5 Å². The number of nitrogens with one attached hydrogen (secondary N) is 2. The van der Waals surface area contributed by atoms with Crippen LogP contribution < -0.4 is 5.32 Å². The third kappa shape index (κ3) is 4.22. The highest BCUT2D eigenvalue weighted by Gasteiger charge is 2.23. The number of aromatic nitrogens is 3. The Bertz CT molecular complexity index is 448. The fraction of sp³-hybridized carbons (Fsp3) is 0.667. The minimum atomic E-state index is -0.781. The summed E-state index contributed by atoms with van der Waals surface area (Å²) < 4.78 is 0. The van der Waals surface area contributed by atoms with Crippen LogP contribution in [0.15, 0.2) is 6.33 Å². The van der Waals surface area contributed by atoms with Crippen molar-refractivity contribution in [1.82, 2.24) is 25.4 Å². The lowest BCUT2D eigenvalue weighted by atomic mass is 9.93. The summed E-state index contributed by atoms with van der Waals surface area (Å²) >= 11 is 0. The highest BCUT2D eigenvalue weighted by Crippen LogP contribution is 2.20. The smallest absolute Gasteiger partial charge is 0.317 e. The molecule has 0 spiro atoms. The topological polar surface area (TPSA) is 111 Å². The van der Waals surface area contributed by atoms with Crippen molar-refractivity contribution in [2.45, 2.75) is 32.2 Å². The van der Waals surface area contributed by atoms with Gasteiger partial charge in [0.25, 0.3) is 0 Å². The van der Waals surface area contributed by atoms with Crippen LogP contribution in [0, 0.1) is 5.92 Å². The second kappa shape index (κ2) is 6.88. The van der Waals surface area contributed by atoms with Gasteiger partial charge in [0, 0.05) is 19.5 Å². The van der Waals surface area contributed by atoms with Crippen LogP contribution in [0.5, 0.6) is 0 Å². The normalized spacial score (nSPS) is 18.8. The van der Waals surface area contributed by atoms with Crippen LogP contribution in [0.25, 0.3) is 0 Å². The molecule has 0 aliphatic carbocycles. The zero-order valence-electron chi connectivity index (χ0n) is 11.2. The molecule has 0 bridgehead atoms. The number of carboxylic acid groups (broad SMARTS) is 1. The fourth-order valence-corrected chi connectivity index (χ4v) is 2.40. The molecule has 1 saturated heterocycles. The molecule has 1 atom stereocenters. The van der Waals surface area contributed by atoms with Gasteiger partial charge in [-0.1, -0.05) is 0 Å². The maximum Gasteiger partial charge on any atom is 0.317 e. The Hall–Kier alpha value is -2.12. The molecule has 8 heteroatoms. The number of rotatable bonds is 5. The van der Waals surface area contributed by atoms with Gasteiger partial charge in [-0.15, -0.1) is 0 Å². The zero-order chi connectivity index (χ0) is 14.4. The number of likely N-dealkylation sites (tertiary alicyclic amines) is 1. The summed E-state index contributed by atoms with van der Waals surface area (Å²) in [6.45, 7) is 1.65. The van der Waals surface area contributed by atoms with Crippen molar-refractivity contribution in [3.05, 3.63) is 12.2 Å². The molecule has 8 nitrogen and oxygen atoms in total. The molecule has 1 aliphatic heterocycles. The molecule has 20 heavy (non-hydrogen) atoms. The van der Waals surface area contributed by atoms with Gasteiger partial charge < -0.3 is 15.3 Å². The summed E-state index contributed by atoms with van der Waals surface area (Å²) in [7, 11) is 0. The van der Waals surface area contributed by atoms with E-state index in [4.69, 9.17) is 5.11 Å². The van der Waals surface area contributed by atoms with E-state index in [1.165, 1.54) is 6.33 Å². The lowest BCUT2D eigenvalue weighted by molar-refractivity contribution is -0.137. The van der Waals surface area contributed by atoms with Gasteiger partial charge >= 0.3 is 12.0 Å². The summed E-state index contributed by atoms with van der Waals surface area (Å²) in [6, 6.07) is -0.138. The van der Waals surface area contributed by atoms with Gasteiger partial charge in [0.1, 0.15) is 12.2 Å². The molecule has 2 heterocycles. The van der Waals surface area contributed by atoms with Crippen molar-refractivity contribution >= 4 is 12.0 Å². The largest absolute Gasteiger partial charge is 0.481 e. The number of amides is 2. The number of piperidine rings is 1. The maximum atomic E-state index is 12.0. The van der Waals surface area contributed by atoms with E-state index in [1.54, 1.807) is 4.90 Å². The Morgan fingerprint density at radius 2 is 2.40 bits per heavy atom. The summed E-state index contributed by atoms with van der Waals surface area (Å²) in [5, 5.41) is 17.9. The number of urea groups is 1. The number of aromatic amines is 1. The minimum absolute atomic E-state index is 0.138. The lowest BCUT2D eigenvalue weighted by Crippen LogP contribution is -2.45. The van der Waals surface area contributed by atoms with Gasteiger partial charge in [-0.2, -0.15) is 5.10 Å². The first kappa shape index (κ1) is 14.3. The van der Waals surface area contributed by atoms with Gasteiger partial charge in [0.2, 0.25) is 0 Å². The van der Waals surface area contributed by atoms with E-state index in [9.17, 15) is 9.59 Å². The molecule has 2 amide bonds. The third-order valence-electron chi connectivity index (χ3n) is 3.44. The number of aliphatic carboxylic acids is 1. The van der Waals surface area contributed by atoms with Crippen molar-refractivity contribution in [1.29, 1.82) is 0 Å². The second-order valence-corrected chi connectivity index (χ2v) is 4.98. The first-order valence-corrected chi connectivity index (χ1v) is 6.74. The van der Waals surface area contributed by atoms with Crippen LogP contribution in [0.4, 0.5) is 4.79 Å². The average Bonchev–Trinajstić information content (AvgIpc) is 2.96. The van der Waals surface area contributed by atoms with Crippen LogP contribution in [-0.4, -0.2) is 50.3 Å². The molecule has 2 rings (SSSR count). The number of carboxylic acids is 1. The predicted octanol–water partition coefficient (Wildman–Crippen LogP) is 0.591. The average molecular weight is 281 g/mol. The van der Waals surface area contributed by atoms with Crippen molar-refractivity contribution in [3.8, 4) is 0 Å². The van der Waals surface area contributed by atoms with Gasteiger partial charge in [-0.05, 0) is 25.2 Å². The Morgan fingerprint density at radius 1 is 1.55 bits per heavy atom. The number of carbonyl (C=O) groups excluding carboxylic acids is 1. The predicted molar refractivity (Wildman–Crippen MR) is 69.8 cm³/mol. The first-order valence-electron chi connectivity index (χ1n) is 6.74. The number of H-pyrrole nitrogens is 1. The number of carbonyl (C=O) groups is 2. The molecule has 0 aromatic carbocycles. The second-order valence-electron chi connectivity index (χ2n) is 4.98. The van der Waals surface area contributed by atoms with Crippen LogP contribution >= 0.6 is 0 Å². The van der Waals surface area contributed by atoms with Gasteiger partial charge in [0.15, 0.2) is 0 Å². The van der Waals surface area contributed by atoms with Gasteiger partial charge in [-0.3, -0.25) is 9.89 Å². The van der Waals surface area contributed by atoms with Crippen molar-refractivity contribution < 1.29 is 14.7 Å². The number of nitrogens with zero attached hydrogens (tertiary/aromatic N) is 3. The molecule has 3 N–H and O–H groups in total. The molecule has 1 aliphatic rings. The minimum Gasteiger partial charge on any atom is -0.481 e. The standard InChI is InChI=1S/C12H19N5O3/c18-11(19)4-3-9-2-1-5-17(7-9)12(20)13-6-10-14-8-15-16-10/h8-9H,1-7H2,(H,13,20)(H,18,19)(H,14,15,16). The molecular formula is C12H19N5O3. The highest BCUT2D eigenvalue weighted by atomic mass is 16.4. The van der Waals surface area contributed by atoms with Gasteiger partial charge in [0.05, 0.1) is 6.54 Å². The van der Waals surface area contributed by atoms with E-state index in [0.29, 0.717) is 31.9 Å². The Labute approximate surface area is 116 Å². The molecule has 1 unspecified atom stereocenters. The molecule has 0 saturated carbocycles. The molecule has 1 fully saturated rings. The van der Waals surface area contributed by atoms with E-state index in [0.717, 1.165) is 12.8 Å². The molecule has 110 valence electrons. The fourth-order valence-electron chi connectivity index (χ4n) is 2.40. The van der Waals surface area contributed by atoms with Crippen molar-refractivity contribution in [3.63, 3.8) is 0 Å². The molecule has 1 aromatic heterocycles. The Kier molecular flexibility index (Phi) is 4.91. The lowest BCUT2D eigenvalue weighted by Gasteiger charge is -2.32. The van der Waals surface area contributed by atoms with Crippen LogP contribution in [0.2, 0.25) is 0 Å². The first-order chi connectivity index (χ1) is 9.65. The van der Waals surface area contributed by atoms with Crippen LogP contribution in [0.3, 0.4) is 0 Å². The van der Waals surface area contributed by atoms with E-state index in [-0.39, 0.29) is 18.4 Å². The summed E-state index contributed by atoms with van der Waals surface area (Å²) in [5.41, 5.74) is 0. The molecule has 1 aromatic rings.